The van der Waals surface area contributed by atoms with Crippen LogP contribution in [0.25, 0.3) is 0 Å². The second-order valence-electron chi connectivity index (χ2n) is 4.82. The lowest BCUT2D eigenvalue weighted by Gasteiger charge is -2.17. The molecule has 2 rings (SSSR count). The van der Waals surface area contributed by atoms with Gasteiger partial charge in [-0.2, -0.15) is 0 Å². The van der Waals surface area contributed by atoms with E-state index in [4.69, 9.17) is 17.4 Å². The number of rotatable bonds is 5. The molecule has 2 aromatic carbocycles. The summed E-state index contributed by atoms with van der Waals surface area (Å²) in [6.07, 6.45) is 1.81. The minimum Gasteiger partial charge on any atom is -0.271 e. The molecular formula is C16H19ClN2. The first-order chi connectivity index (χ1) is 9.19. The van der Waals surface area contributed by atoms with Crippen LogP contribution in [-0.4, -0.2) is 6.04 Å². The van der Waals surface area contributed by atoms with Gasteiger partial charge in [-0.15, -0.1) is 0 Å². The molecule has 0 fully saturated rings. The van der Waals surface area contributed by atoms with E-state index in [0.717, 1.165) is 17.9 Å². The van der Waals surface area contributed by atoms with Crippen molar-refractivity contribution in [2.24, 2.45) is 5.84 Å². The molecule has 0 bridgehead atoms. The number of hydrogen-bond acceptors (Lipinski definition) is 2. The topological polar surface area (TPSA) is 38.0 Å². The van der Waals surface area contributed by atoms with E-state index < -0.39 is 0 Å². The molecule has 0 aliphatic heterocycles. The number of halogens is 1. The van der Waals surface area contributed by atoms with Crippen LogP contribution in [0.3, 0.4) is 0 Å². The molecule has 2 nitrogen and oxygen atoms in total. The summed E-state index contributed by atoms with van der Waals surface area (Å²) in [5.41, 5.74) is 6.78. The molecule has 0 aromatic heterocycles. The average molecular weight is 275 g/mol. The van der Waals surface area contributed by atoms with Gasteiger partial charge in [-0.25, -0.2) is 0 Å². The van der Waals surface area contributed by atoms with Gasteiger partial charge in [0, 0.05) is 11.1 Å². The zero-order chi connectivity index (χ0) is 13.7. The van der Waals surface area contributed by atoms with Crippen LogP contribution >= 0.6 is 11.6 Å². The van der Waals surface area contributed by atoms with Gasteiger partial charge in [0.2, 0.25) is 0 Å². The number of nitrogens with two attached hydrogens (primary N) is 1. The molecule has 0 amide bonds. The molecular weight excluding hydrogens is 256 g/mol. The number of aryl methyl sites for hydroxylation is 1. The van der Waals surface area contributed by atoms with Crippen LogP contribution in [0, 0.1) is 6.92 Å². The fraction of sp³-hybridized carbons (Fsp3) is 0.250. The molecule has 19 heavy (non-hydrogen) atoms. The third-order valence-corrected chi connectivity index (χ3v) is 3.61. The summed E-state index contributed by atoms with van der Waals surface area (Å²) in [5.74, 6) is 5.67. The maximum absolute atomic E-state index is 5.89. The molecule has 0 saturated heterocycles. The van der Waals surface area contributed by atoms with Crippen molar-refractivity contribution >= 4 is 11.6 Å². The Morgan fingerprint density at radius 2 is 1.74 bits per heavy atom. The Morgan fingerprint density at radius 1 is 1.05 bits per heavy atom. The van der Waals surface area contributed by atoms with Gasteiger partial charge >= 0.3 is 0 Å². The molecule has 2 aromatic rings. The third kappa shape index (κ3) is 4.06. The summed E-state index contributed by atoms with van der Waals surface area (Å²) in [6, 6.07) is 16.6. The van der Waals surface area contributed by atoms with Crippen LogP contribution in [0.5, 0.6) is 0 Å². The predicted octanol–water partition coefficient (Wildman–Crippen LogP) is 3.27. The molecule has 1 unspecified atom stereocenters. The fourth-order valence-electron chi connectivity index (χ4n) is 2.20. The van der Waals surface area contributed by atoms with E-state index in [9.17, 15) is 0 Å². The first-order valence-electron chi connectivity index (χ1n) is 6.44. The van der Waals surface area contributed by atoms with Crippen molar-refractivity contribution in [2.75, 3.05) is 0 Å². The van der Waals surface area contributed by atoms with Crippen molar-refractivity contribution in [3.05, 3.63) is 70.2 Å². The Kier molecular flexibility index (Phi) is 4.97. The monoisotopic (exact) mass is 274 g/mol. The summed E-state index contributed by atoms with van der Waals surface area (Å²) in [7, 11) is 0. The highest BCUT2D eigenvalue weighted by Crippen LogP contribution is 2.14. The van der Waals surface area contributed by atoms with Gasteiger partial charge in [0.1, 0.15) is 0 Å². The zero-order valence-corrected chi connectivity index (χ0v) is 11.8. The average Bonchev–Trinajstić information content (AvgIpc) is 2.43. The van der Waals surface area contributed by atoms with Gasteiger partial charge < -0.3 is 0 Å². The summed E-state index contributed by atoms with van der Waals surface area (Å²) in [5, 5.41) is 0.764. The quantitative estimate of drug-likeness (QED) is 0.649. The molecule has 0 aliphatic rings. The normalized spacial score (nSPS) is 12.4. The Labute approximate surface area is 119 Å². The van der Waals surface area contributed by atoms with Gasteiger partial charge in [0.05, 0.1) is 0 Å². The lowest BCUT2D eigenvalue weighted by atomic mass is 9.97. The molecule has 3 N–H and O–H groups in total. The molecule has 0 radical (unpaired) electrons. The van der Waals surface area contributed by atoms with Gasteiger partial charge in [0.15, 0.2) is 0 Å². The number of nitrogens with one attached hydrogen (secondary N) is 1. The minimum atomic E-state index is 0.224. The van der Waals surface area contributed by atoms with Crippen molar-refractivity contribution in [1.29, 1.82) is 0 Å². The molecule has 0 spiro atoms. The van der Waals surface area contributed by atoms with Crippen LogP contribution in [0.2, 0.25) is 5.02 Å². The van der Waals surface area contributed by atoms with Crippen molar-refractivity contribution in [2.45, 2.75) is 25.8 Å². The van der Waals surface area contributed by atoms with Gasteiger partial charge in [-0.05, 0) is 48.6 Å². The fourth-order valence-corrected chi connectivity index (χ4v) is 2.33. The Morgan fingerprint density at radius 3 is 2.37 bits per heavy atom. The maximum Gasteiger partial charge on any atom is 0.0406 e. The van der Waals surface area contributed by atoms with E-state index >= 15 is 0 Å². The summed E-state index contributed by atoms with van der Waals surface area (Å²) in [6.45, 7) is 2.13. The van der Waals surface area contributed by atoms with Crippen LogP contribution in [0.4, 0.5) is 0 Å². The SMILES string of the molecule is Cc1ccccc1CC(Cc1ccc(Cl)cc1)NN. The molecule has 100 valence electrons. The second kappa shape index (κ2) is 6.71. The molecule has 0 aliphatic carbocycles. The highest BCUT2D eigenvalue weighted by molar-refractivity contribution is 6.30. The van der Waals surface area contributed by atoms with E-state index in [2.05, 4.69) is 36.6 Å². The summed E-state index contributed by atoms with van der Waals surface area (Å²) < 4.78 is 0. The first kappa shape index (κ1) is 14.1. The lowest BCUT2D eigenvalue weighted by Crippen LogP contribution is -2.38. The Bertz CT molecular complexity index is 523. The largest absolute Gasteiger partial charge is 0.271 e. The second-order valence-corrected chi connectivity index (χ2v) is 5.26. The van der Waals surface area contributed by atoms with E-state index in [0.29, 0.717) is 0 Å². The van der Waals surface area contributed by atoms with Crippen LogP contribution in [-0.2, 0) is 12.8 Å². The van der Waals surface area contributed by atoms with Crippen molar-refractivity contribution in [3.63, 3.8) is 0 Å². The predicted molar refractivity (Wildman–Crippen MR) is 81.2 cm³/mol. The van der Waals surface area contributed by atoms with Gasteiger partial charge in [0.25, 0.3) is 0 Å². The summed E-state index contributed by atoms with van der Waals surface area (Å²) >= 11 is 5.89. The minimum absolute atomic E-state index is 0.224. The van der Waals surface area contributed by atoms with E-state index in [-0.39, 0.29) is 6.04 Å². The zero-order valence-electron chi connectivity index (χ0n) is 11.1. The van der Waals surface area contributed by atoms with Crippen LogP contribution in [0.1, 0.15) is 16.7 Å². The smallest absolute Gasteiger partial charge is 0.0406 e. The van der Waals surface area contributed by atoms with Crippen molar-refractivity contribution in [3.8, 4) is 0 Å². The number of hydrogen-bond donors (Lipinski definition) is 2. The van der Waals surface area contributed by atoms with Gasteiger partial charge in [-0.1, -0.05) is 48.0 Å². The molecule has 3 heteroatoms. The Balaban J connectivity index is 2.05. The van der Waals surface area contributed by atoms with Crippen LogP contribution in [0.15, 0.2) is 48.5 Å². The lowest BCUT2D eigenvalue weighted by molar-refractivity contribution is 0.521. The Hall–Kier alpha value is -1.35. The molecule has 1 atom stereocenters. The first-order valence-corrected chi connectivity index (χ1v) is 6.82. The van der Waals surface area contributed by atoms with Crippen molar-refractivity contribution < 1.29 is 0 Å². The van der Waals surface area contributed by atoms with Gasteiger partial charge in [-0.3, -0.25) is 11.3 Å². The molecule has 0 heterocycles. The van der Waals surface area contributed by atoms with Crippen molar-refractivity contribution in [1.82, 2.24) is 5.43 Å². The highest BCUT2D eigenvalue weighted by atomic mass is 35.5. The number of benzene rings is 2. The number of hydrazine groups is 1. The summed E-state index contributed by atoms with van der Waals surface area (Å²) in [4.78, 5) is 0. The van der Waals surface area contributed by atoms with E-state index in [1.165, 1.54) is 16.7 Å². The maximum atomic E-state index is 5.89. The van der Waals surface area contributed by atoms with E-state index in [1.807, 2.05) is 24.3 Å². The third-order valence-electron chi connectivity index (χ3n) is 3.36. The highest BCUT2D eigenvalue weighted by Gasteiger charge is 2.10. The standard InChI is InChI=1S/C16H19ClN2/c1-12-4-2-3-5-14(12)11-16(19-18)10-13-6-8-15(17)9-7-13/h2-9,16,19H,10-11,18H2,1H3. The van der Waals surface area contributed by atoms with Crippen LogP contribution < -0.4 is 11.3 Å². The van der Waals surface area contributed by atoms with E-state index in [1.54, 1.807) is 0 Å². The molecule has 0 saturated carbocycles.